The molecule has 1 aromatic heterocycles. The average Bonchev–Trinajstić information content (AvgIpc) is 3.31. The quantitative estimate of drug-likeness (QED) is 0.448. The molecule has 1 saturated heterocycles. The Morgan fingerprint density at radius 2 is 1.94 bits per heavy atom. The third kappa shape index (κ3) is 7.60. The SMILES string of the molecule is COc1cccc(C(C)(C)CN=C(NCCc2ccco2)NCCN2CCOCC2)c1. The number of benzene rings is 1. The first kappa shape index (κ1) is 23.2. The van der Waals surface area contributed by atoms with Gasteiger partial charge in [0.25, 0.3) is 0 Å². The van der Waals surface area contributed by atoms with Gasteiger partial charge < -0.3 is 24.5 Å². The first-order valence-corrected chi connectivity index (χ1v) is 11.1. The summed E-state index contributed by atoms with van der Waals surface area (Å²) in [4.78, 5) is 7.32. The number of guanidine groups is 1. The van der Waals surface area contributed by atoms with Crippen molar-refractivity contribution in [2.45, 2.75) is 25.7 Å². The normalized spacial score (nSPS) is 15.6. The highest BCUT2D eigenvalue weighted by atomic mass is 16.5. The van der Waals surface area contributed by atoms with Gasteiger partial charge in [0.1, 0.15) is 11.5 Å². The van der Waals surface area contributed by atoms with Gasteiger partial charge in [0.2, 0.25) is 0 Å². The number of hydrogen-bond acceptors (Lipinski definition) is 5. The van der Waals surface area contributed by atoms with Crippen molar-refractivity contribution >= 4 is 5.96 Å². The Balaban J connectivity index is 1.58. The van der Waals surface area contributed by atoms with E-state index in [4.69, 9.17) is 18.9 Å². The van der Waals surface area contributed by atoms with Crippen molar-refractivity contribution in [3.8, 4) is 5.75 Å². The zero-order chi connectivity index (χ0) is 21.9. The number of morpholine rings is 1. The minimum Gasteiger partial charge on any atom is -0.497 e. The summed E-state index contributed by atoms with van der Waals surface area (Å²) in [6, 6.07) is 12.1. The van der Waals surface area contributed by atoms with Gasteiger partial charge in [-0.05, 0) is 29.8 Å². The van der Waals surface area contributed by atoms with Crippen LogP contribution in [0.5, 0.6) is 5.75 Å². The lowest BCUT2D eigenvalue weighted by molar-refractivity contribution is 0.0389. The molecule has 0 amide bonds. The lowest BCUT2D eigenvalue weighted by atomic mass is 9.85. The molecule has 7 heteroatoms. The molecule has 3 rings (SSSR count). The largest absolute Gasteiger partial charge is 0.497 e. The summed E-state index contributed by atoms with van der Waals surface area (Å²) >= 11 is 0. The van der Waals surface area contributed by atoms with Gasteiger partial charge in [-0.3, -0.25) is 9.89 Å². The van der Waals surface area contributed by atoms with Crippen LogP contribution in [0.25, 0.3) is 0 Å². The number of hydrogen-bond donors (Lipinski definition) is 2. The zero-order valence-corrected chi connectivity index (χ0v) is 19.0. The topological polar surface area (TPSA) is 71.3 Å². The standard InChI is InChI=1S/C24H36N4O3/c1-24(2,20-6-4-7-22(18-20)29-3)19-27-23(25-10-9-21-8-5-15-31-21)26-11-12-28-13-16-30-17-14-28/h4-8,15,18H,9-14,16-17,19H2,1-3H3,(H2,25,26,27). The van der Waals surface area contributed by atoms with E-state index in [1.54, 1.807) is 13.4 Å². The van der Waals surface area contributed by atoms with E-state index in [-0.39, 0.29) is 5.41 Å². The number of methoxy groups -OCH3 is 1. The number of rotatable bonds is 10. The molecular weight excluding hydrogens is 392 g/mol. The molecule has 0 saturated carbocycles. The fourth-order valence-electron chi connectivity index (χ4n) is 3.50. The number of aliphatic imine (C=N–C) groups is 1. The van der Waals surface area contributed by atoms with E-state index in [0.717, 1.165) is 69.8 Å². The van der Waals surface area contributed by atoms with Crippen LogP contribution in [0.1, 0.15) is 25.2 Å². The smallest absolute Gasteiger partial charge is 0.191 e. The minimum atomic E-state index is -0.117. The summed E-state index contributed by atoms with van der Waals surface area (Å²) in [7, 11) is 1.70. The lowest BCUT2D eigenvalue weighted by Gasteiger charge is -2.27. The van der Waals surface area contributed by atoms with Crippen molar-refractivity contribution in [3.63, 3.8) is 0 Å². The fourth-order valence-corrected chi connectivity index (χ4v) is 3.50. The monoisotopic (exact) mass is 428 g/mol. The van der Waals surface area contributed by atoms with Gasteiger partial charge in [-0.15, -0.1) is 0 Å². The summed E-state index contributed by atoms with van der Waals surface area (Å²) in [6.07, 6.45) is 2.53. The molecule has 1 aromatic carbocycles. The highest BCUT2D eigenvalue weighted by Gasteiger charge is 2.21. The van der Waals surface area contributed by atoms with Crippen LogP contribution in [-0.2, 0) is 16.6 Å². The van der Waals surface area contributed by atoms with Gasteiger partial charge in [-0.2, -0.15) is 0 Å². The second-order valence-electron chi connectivity index (χ2n) is 8.42. The van der Waals surface area contributed by atoms with Gasteiger partial charge in [0, 0.05) is 44.6 Å². The summed E-state index contributed by atoms with van der Waals surface area (Å²) in [6.45, 7) is 11.3. The van der Waals surface area contributed by atoms with Gasteiger partial charge >= 0.3 is 0 Å². The molecule has 2 aromatic rings. The minimum absolute atomic E-state index is 0.117. The van der Waals surface area contributed by atoms with Crippen LogP contribution in [0.2, 0.25) is 0 Å². The van der Waals surface area contributed by atoms with Crippen molar-refractivity contribution in [2.75, 3.05) is 59.6 Å². The van der Waals surface area contributed by atoms with Crippen LogP contribution in [0, 0.1) is 0 Å². The Bertz CT molecular complexity index is 799. The molecular formula is C24H36N4O3. The van der Waals surface area contributed by atoms with E-state index in [0.29, 0.717) is 6.54 Å². The van der Waals surface area contributed by atoms with Gasteiger partial charge in [-0.1, -0.05) is 26.0 Å². The molecule has 0 unspecified atom stereocenters. The van der Waals surface area contributed by atoms with Crippen molar-refractivity contribution in [2.24, 2.45) is 4.99 Å². The second kappa shape index (κ2) is 11.8. The van der Waals surface area contributed by atoms with E-state index in [1.165, 1.54) is 5.56 Å². The predicted octanol–water partition coefficient (Wildman–Crippen LogP) is 2.68. The highest BCUT2D eigenvalue weighted by Crippen LogP contribution is 2.26. The van der Waals surface area contributed by atoms with Crippen LogP contribution in [-0.4, -0.2) is 70.5 Å². The zero-order valence-electron chi connectivity index (χ0n) is 19.0. The van der Waals surface area contributed by atoms with Crippen molar-refractivity contribution < 1.29 is 13.9 Å². The Morgan fingerprint density at radius 3 is 2.68 bits per heavy atom. The number of nitrogens with one attached hydrogen (secondary N) is 2. The molecule has 1 aliphatic heterocycles. The van der Waals surface area contributed by atoms with Gasteiger partial charge in [0.15, 0.2) is 5.96 Å². The number of ether oxygens (including phenoxy) is 2. The molecule has 0 atom stereocenters. The van der Waals surface area contributed by atoms with Gasteiger partial charge in [0.05, 0.1) is 33.1 Å². The molecule has 31 heavy (non-hydrogen) atoms. The van der Waals surface area contributed by atoms with Crippen molar-refractivity contribution in [3.05, 3.63) is 54.0 Å². The van der Waals surface area contributed by atoms with E-state index in [9.17, 15) is 0 Å². The number of nitrogens with zero attached hydrogens (tertiary/aromatic N) is 2. The molecule has 0 bridgehead atoms. The van der Waals surface area contributed by atoms with E-state index in [2.05, 4.69) is 41.5 Å². The van der Waals surface area contributed by atoms with E-state index < -0.39 is 0 Å². The van der Waals surface area contributed by atoms with Crippen molar-refractivity contribution in [1.82, 2.24) is 15.5 Å². The molecule has 0 radical (unpaired) electrons. The maximum Gasteiger partial charge on any atom is 0.191 e. The van der Waals surface area contributed by atoms with E-state index >= 15 is 0 Å². The summed E-state index contributed by atoms with van der Waals surface area (Å²) in [5.41, 5.74) is 1.09. The van der Waals surface area contributed by atoms with Crippen molar-refractivity contribution in [1.29, 1.82) is 0 Å². The molecule has 7 nitrogen and oxygen atoms in total. The second-order valence-corrected chi connectivity index (χ2v) is 8.42. The Kier molecular flexibility index (Phi) is 8.79. The first-order valence-electron chi connectivity index (χ1n) is 11.1. The summed E-state index contributed by atoms with van der Waals surface area (Å²) in [5, 5.41) is 6.95. The number of furan rings is 1. The molecule has 1 aliphatic rings. The Hall–Kier alpha value is -2.51. The molecule has 0 spiro atoms. The van der Waals surface area contributed by atoms with Crippen LogP contribution in [0.4, 0.5) is 0 Å². The highest BCUT2D eigenvalue weighted by molar-refractivity contribution is 5.79. The Labute approximate surface area is 185 Å². The molecule has 2 heterocycles. The molecule has 0 aliphatic carbocycles. The maximum absolute atomic E-state index is 5.44. The summed E-state index contributed by atoms with van der Waals surface area (Å²) < 4.78 is 16.3. The predicted molar refractivity (Wildman–Crippen MR) is 124 cm³/mol. The van der Waals surface area contributed by atoms with Crippen LogP contribution >= 0.6 is 0 Å². The van der Waals surface area contributed by atoms with Crippen LogP contribution < -0.4 is 15.4 Å². The third-order valence-corrected chi connectivity index (χ3v) is 5.55. The maximum atomic E-state index is 5.44. The fraction of sp³-hybridized carbons (Fsp3) is 0.542. The molecule has 1 fully saturated rings. The summed E-state index contributed by atoms with van der Waals surface area (Å²) in [5.74, 6) is 2.67. The molecule has 2 N–H and O–H groups in total. The lowest BCUT2D eigenvalue weighted by Crippen LogP contribution is -2.45. The van der Waals surface area contributed by atoms with Gasteiger partial charge in [-0.25, -0.2) is 0 Å². The van der Waals surface area contributed by atoms with E-state index in [1.807, 2.05) is 24.3 Å². The van der Waals surface area contributed by atoms with Crippen LogP contribution in [0.15, 0.2) is 52.1 Å². The third-order valence-electron chi connectivity index (χ3n) is 5.55. The average molecular weight is 429 g/mol. The molecule has 170 valence electrons. The van der Waals surface area contributed by atoms with Crippen LogP contribution in [0.3, 0.4) is 0 Å². The Morgan fingerprint density at radius 1 is 1.13 bits per heavy atom. The first-order chi connectivity index (χ1) is 15.1.